The molecule has 28 heavy (non-hydrogen) atoms. The molecule has 0 spiro atoms. The second kappa shape index (κ2) is 10.1. The van der Waals surface area contributed by atoms with Crippen LogP contribution in [0.1, 0.15) is 22.8 Å². The van der Waals surface area contributed by atoms with Gasteiger partial charge in [0.15, 0.2) is 35.5 Å². The largest absolute Gasteiger partial charge is 0.494 e. The summed E-state index contributed by atoms with van der Waals surface area (Å²) in [5, 5.41) is 2.64. The van der Waals surface area contributed by atoms with Crippen molar-refractivity contribution in [1.29, 1.82) is 0 Å². The predicted molar refractivity (Wildman–Crippen MR) is 103 cm³/mol. The lowest BCUT2D eigenvalue weighted by Gasteiger charge is -2.11. The molecule has 0 fully saturated rings. The smallest absolute Gasteiger partial charge is 0.257 e. The van der Waals surface area contributed by atoms with Crippen molar-refractivity contribution in [2.75, 3.05) is 27.4 Å². The van der Waals surface area contributed by atoms with Crippen molar-refractivity contribution >= 4 is 17.8 Å². The van der Waals surface area contributed by atoms with Crippen molar-refractivity contribution in [2.24, 2.45) is 0 Å². The highest BCUT2D eigenvalue weighted by atomic mass is 19.1. The maximum atomic E-state index is 13.7. The van der Waals surface area contributed by atoms with Gasteiger partial charge in [0.25, 0.3) is 5.91 Å². The van der Waals surface area contributed by atoms with Crippen molar-refractivity contribution in [3.63, 3.8) is 0 Å². The van der Waals surface area contributed by atoms with Crippen molar-refractivity contribution in [3.05, 3.63) is 59.4 Å². The van der Waals surface area contributed by atoms with Crippen molar-refractivity contribution in [3.8, 4) is 17.2 Å². The summed E-state index contributed by atoms with van der Waals surface area (Å²) < 4.78 is 29.3. The summed E-state index contributed by atoms with van der Waals surface area (Å²) in [6.45, 7) is 2.22. The minimum absolute atomic E-state index is 0.0773. The molecule has 0 saturated heterocycles. The first-order valence-electron chi connectivity index (χ1n) is 8.62. The zero-order chi connectivity index (χ0) is 20.5. The van der Waals surface area contributed by atoms with Gasteiger partial charge in [-0.2, -0.15) is 0 Å². The molecule has 6 nitrogen and oxygen atoms in total. The SMILES string of the molecule is CCNC(=O)COc1ccc(C=CC(=O)c2ccc(OC)c(F)c2)cc1OC. The van der Waals surface area contributed by atoms with Crippen LogP contribution in [0.5, 0.6) is 17.2 Å². The van der Waals surface area contributed by atoms with E-state index in [-0.39, 0.29) is 29.6 Å². The zero-order valence-electron chi connectivity index (χ0n) is 16.0. The maximum Gasteiger partial charge on any atom is 0.257 e. The number of hydrogen-bond donors (Lipinski definition) is 1. The van der Waals surface area contributed by atoms with Crippen LogP contribution in [-0.2, 0) is 4.79 Å². The lowest BCUT2D eigenvalue weighted by Crippen LogP contribution is -2.28. The molecule has 0 aromatic heterocycles. The number of carbonyl (C=O) groups excluding carboxylic acids is 2. The topological polar surface area (TPSA) is 73.9 Å². The number of ketones is 1. The van der Waals surface area contributed by atoms with Gasteiger partial charge in [-0.3, -0.25) is 9.59 Å². The molecule has 2 aromatic rings. The predicted octanol–water partition coefficient (Wildman–Crippen LogP) is 3.25. The van der Waals surface area contributed by atoms with Crippen molar-refractivity contribution < 1.29 is 28.2 Å². The lowest BCUT2D eigenvalue weighted by molar-refractivity contribution is -0.123. The molecule has 7 heteroatoms. The Morgan fingerprint density at radius 2 is 1.75 bits per heavy atom. The van der Waals surface area contributed by atoms with Gasteiger partial charge in [0.1, 0.15) is 0 Å². The number of allylic oxidation sites excluding steroid dienone is 1. The Labute approximate surface area is 162 Å². The second-order valence-corrected chi connectivity index (χ2v) is 5.70. The minimum atomic E-state index is -0.600. The van der Waals surface area contributed by atoms with Gasteiger partial charge >= 0.3 is 0 Å². The molecule has 0 aliphatic heterocycles. The van der Waals surface area contributed by atoms with E-state index >= 15 is 0 Å². The number of rotatable bonds is 9. The van der Waals surface area contributed by atoms with Gasteiger partial charge in [-0.05, 0) is 48.9 Å². The molecule has 0 bridgehead atoms. The average Bonchev–Trinajstić information content (AvgIpc) is 2.70. The number of benzene rings is 2. The molecular weight excluding hydrogens is 365 g/mol. The molecule has 0 heterocycles. The molecule has 2 rings (SSSR count). The highest BCUT2D eigenvalue weighted by Crippen LogP contribution is 2.28. The van der Waals surface area contributed by atoms with E-state index in [4.69, 9.17) is 14.2 Å². The Bertz CT molecular complexity index is 879. The van der Waals surface area contributed by atoms with Gasteiger partial charge in [0.2, 0.25) is 0 Å². The molecule has 0 atom stereocenters. The Kier molecular flexibility index (Phi) is 7.56. The van der Waals surface area contributed by atoms with Crippen molar-refractivity contribution in [1.82, 2.24) is 5.32 Å². The summed E-state index contributed by atoms with van der Waals surface area (Å²) in [5.74, 6) is -0.266. The van der Waals surface area contributed by atoms with Crippen LogP contribution in [0.15, 0.2) is 42.5 Å². The van der Waals surface area contributed by atoms with Gasteiger partial charge in [-0.25, -0.2) is 4.39 Å². The van der Waals surface area contributed by atoms with Crippen LogP contribution in [0.4, 0.5) is 4.39 Å². The molecule has 2 aromatic carbocycles. The van der Waals surface area contributed by atoms with Crippen LogP contribution in [0.25, 0.3) is 6.08 Å². The monoisotopic (exact) mass is 387 g/mol. The van der Waals surface area contributed by atoms with Crippen LogP contribution in [0, 0.1) is 5.82 Å². The summed E-state index contributed by atoms with van der Waals surface area (Å²) in [4.78, 5) is 23.7. The standard InChI is InChI=1S/C21H22FNO5/c1-4-23-21(25)13-28-19-9-6-14(11-20(19)27-3)5-8-17(24)15-7-10-18(26-2)16(22)12-15/h5-12H,4,13H2,1-3H3,(H,23,25). The highest BCUT2D eigenvalue weighted by molar-refractivity contribution is 6.06. The molecule has 0 aliphatic carbocycles. The quantitative estimate of drug-likeness (QED) is 0.528. The second-order valence-electron chi connectivity index (χ2n) is 5.70. The number of hydrogen-bond acceptors (Lipinski definition) is 5. The van der Waals surface area contributed by atoms with E-state index in [9.17, 15) is 14.0 Å². The fourth-order valence-corrected chi connectivity index (χ4v) is 2.39. The fraction of sp³-hybridized carbons (Fsp3) is 0.238. The van der Waals surface area contributed by atoms with Crippen LogP contribution in [0.3, 0.4) is 0 Å². The van der Waals surface area contributed by atoms with E-state index in [1.807, 2.05) is 6.92 Å². The van der Waals surface area contributed by atoms with Gasteiger partial charge in [-0.15, -0.1) is 0 Å². The Morgan fingerprint density at radius 1 is 1.04 bits per heavy atom. The Balaban J connectivity index is 2.09. The van der Waals surface area contributed by atoms with Gasteiger partial charge in [-0.1, -0.05) is 12.1 Å². The van der Waals surface area contributed by atoms with E-state index in [1.54, 1.807) is 24.3 Å². The molecule has 1 N–H and O–H groups in total. The van der Waals surface area contributed by atoms with E-state index < -0.39 is 5.82 Å². The average molecular weight is 387 g/mol. The van der Waals surface area contributed by atoms with E-state index in [2.05, 4.69) is 5.32 Å². The summed E-state index contributed by atoms with van der Waals surface area (Å²) in [5.41, 5.74) is 0.896. The Hall–Kier alpha value is -3.35. The van der Waals surface area contributed by atoms with Gasteiger partial charge in [0.05, 0.1) is 14.2 Å². The number of carbonyl (C=O) groups is 2. The van der Waals surface area contributed by atoms with Crippen LogP contribution < -0.4 is 19.5 Å². The number of ether oxygens (including phenoxy) is 3. The molecule has 0 saturated carbocycles. The highest BCUT2D eigenvalue weighted by Gasteiger charge is 2.09. The molecule has 1 amide bonds. The summed E-state index contributed by atoms with van der Waals surface area (Å²) in [7, 11) is 2.84. The number of halogens is 1. The minimum Gasteiger partial charge on any atom is -0.494 e. The van der Waals surface area contributed by atoms with E-state index in [1.165, 1.54) is 32.4 Å². The summed E-state index contributed by atoms with van der Waals surface area (Å²) >= 11 is 0. The Morgan fingerprint density at radius 3 is 2.39 bits per heavy atom. The van der Waals surface area contributed by atoms with Crippen molar-refractivity contribution in [2.45, 2.75) is 6.92 Å². The molecule has 148 valence electrons. The molecule has 0 unspecified atom stereocenters. The first-order chi connectivity index (χ1) is 13.5. The summed E-state index contributed by atoms with van der Waals surface area (Å²) in [6.07, 6.45) is 2.92. The van der Waals surface area contributed by atoms with Crippen LogP contribution in [0.2, 0.25) is 0 Å². The third-order valence-electron chi connectivity index (χ3n) is 3.78. The molecule has 0 radical (unpaired) electrons. The van der Waals surface area contributed by atoms with Gasteiger partial charge in [0, 0.05) is 12.1 Å². The number of amides is 1. The number of likely N-dealkylation sites (N-methyl/N-ethyl adjacent to an activating group) is 1. The third-order valence-corrected chi connectivity index (χ3v) is 3.78. The lowest BCUT2D eigenvalue weighted by atomic mass is 10.1. The first kappa shape index (κ1) is 21.0. The number of nitrogens with one attached hydrogen (secondary N) is 1. The third kappa shape index (κ3) is 5.57. The maximum absolute atomic E-state index is 13.7. The molecular formula is C21H22FNO5. The normalized spacial score (nSPS) is 10.6. The summed E-state index contributed by atoms with van der Waals surface area (Å²) in [6, 6.07) is 9.06. The zero-order valence-corrected chi connectivity index (χ0v) is 16.0. The van der Waals surface area contributed by atoms with E-state index in [0.717, 1.165) is 6.07 Å². The fourth-order valence-electron chi connectivity index (χ4n) is 2.39. The molecule has 0 aliphatic rings. The van der Waals surface area contributed by atoms with Gasteiger partial charge < -0.3 is 19.5 Å². The van der Waals surface area contributed by atoms with E-state index in [0.29, 0.717) is 23.6 Å². The first-order valence-corrected chi connectivity index (χ1v) is 8.62. The van der Waals surface area contributed by atoms with Crippen LogP contribution in [-0.4, -0.2) is 39.1 Å². The number of methoxy groups -OCH3 is 2. The van der Waals surface area contributed by atoms with Crippen LogP contribution >= 0.6 is 0 Å².